The first-order valence-corrected chi connectivity index (χ1v) is 7.44. The highest BCUT2D eigenvalue weighted by molar-refractivity contribution is 7.99. The van der Waals surface area contributed by atoms with Gasteiger partial charge >= 0.3 is 0 Å². The van der Waals surface area contributed by atoms with Gasteiger partial charge in [-0.2, -0.15) is 11.8 Å². The van der Waals surface area contributed by atoms with Crippen molar-refractivity contribution in [1.29, 1.82) is 0 Å². The van der Waals surface area contributed by atoms with Crippen LogP contribution >= 0.6 is 11.8 Å². The average molecular weight is 294 g/mol. The van der Waals surface area contributed by atoms with E-state index in [0.29, 0.717) is 12.1 Å². The van der Waals surface area contributed by atoms with Crippen molar-refractivity contribution < 1.29 is 9.18 Å². The number of nitrogens with one attached hydrogen (secondary N) is 1. The quantitative estimate of drug-likeness (QED) is 0.835. The van der Waals surface area contributed by atoms with Gasteiger partial charge in [-0.25, -0.2) is 4.39 Å². The fourth-order valence-corrected chi connectivity index (χ4v) is 1.64. The summed E-state index contributed by atoms with van der Waals surface area (Å²) >= 11 is 1.65. The SMILES string of the molecule is CSC(C)(C)CNC(=O)c1cc(F)ccc1C#CCN. The highest BCUT2D eigenvalue weighted by Gasteiger charge is 2.18. The van der Waals surface area contributed by atoms with Crippen LogP contribution in [0.4, 0.5) is 4.39 Å². The molecular weight excluding hydrogens is 275 g/mol. The van der Waals surface area contributed by atoms with Crippen LogP contribution in [0.2, 0.25) is 0 Å². The van der Waals surface area contributed by atoms with Gasteiger partial charge < -0.3 is 11.1 Å². The Hall–Kier alpha value is -1.51. The van der Waals surface area contributed by atoms with E-state index >= 15 is 0 Å². The zero-order valence-electron chi connectivity index (χ0n) is 11.9. The Morgan fingerprint density at radius 3 is 2.80 bits per heavy atom. The lowest BCUT2D eigenvalue weighted by Gasteiger charge is -2.22. The number of thioether (sulfide) groups is 1. The Bertz CT molecular complexity index is 547. The van der Waals surface area contributed by atoms with E-state index in [0.717, 1.165) is 0 Å². The molecule has 0 fully saturated rings. The monoisotopic (exact) mass is 294 g/mol. The lowest BCUT2D eigenvalue weighted by Crippen LogP contribution is -2.36. The molecule has 0 saturated heterocycles. The van der Waals surface area contributed by atoms with Gasteiger partial charge in [0.2, 0.25) is 0 Å². The number of hydrogen-bond donors (Lipinski definition) is 2. The van der Waals surface area contributed by atoms with Crippen LogP contribution in [0.1, 0.15) is 29.8 Å². The third-order valence-electron chi connectivity index (χ3n) is 2.78. The van der Waals surface area contributed by atoms with Crippen LogP contribution in [0.15, 0.2) is 18.2 Å². The molecule has 0 aliphatic carbocycles. The molecule has 108 valence electrons. The van der Waals surface area contributed by atoms with E-state index in [-0.39, 0.29) is 22.8 Å². The molecule has 1 aromatic rings. The van der Waals surface area contributed by atoms with E-state index in [4.69, 9.17) is 5.73 Å². The largest absolute Gasteiger partial charge is 0.351 e. The van der Waals surface area contributed by atoms with E-state index < -0.39 is 5.82 Å². The predicted molar refractivity (Wildman–Crippen MR) is 82.3 cm³/mol. The number of hydrogen-bond acceptors (Lipinski definition) is 3. The highest BCUT2D eigenvalue weighted by Crippen LogP contribution is 2.20. The van der Waals surface area contributed by atoms with Gasteiger partial charge in [0.15, 0.2) is 0 Å². The first-order valence-electron chi connectivity index (χ1n) is 6.21. The third-order valence-corrected chi connectivity index (χ3v) is 4.03. The summed E-state index contributed by atoms with van der Waals surface area (Å²) in [5, 5.41) is 2.81. The molecular formula is C15H19FN2OS. The second-order valence-electron chi connectivity index (χ2n) is 4.84. The fourth-order valence-electron chi connectivity index (χ4n) is 1.42. The normalized spacial score (nSPS) is 10.7. The smallest absolute Gasteiger partial charge is 0.252 e. The highest BCUT2D eigenvalue weighted by atomic mass is 32.2. The molecule has 0 saturated carbocycles. The molecule has 1 amide bonds. The molecule has 0 radical (unpaired) electrons. The predicted octanol–water partition coefficient (Wildman–Crippen LogP) is 2.01. The van der Waals surface area contributed by atoms with Crippen LogP contribution in [-0.4, -0.2) is 30.0 Å². The molecule has 3 nitrogen and oxygen atoms in total. The number of nitrogens with two attached hydrogens (primary N) is 1. The summed E-state index contributed by atoms with van der Waals surface area (Å²) in [5.41, 5.74) is 6.04. The molecule has 0 atom stereocenters. The molecule has 1 rings (SSSR count). The van der Waals surface area contributed by atoms with Crippen molar-refractivity contribution in [3.63, 3.8) is 0 Å². The van der Waals surface area contributed by atoms with Gasteiger partial charge in [-0.1, -0.05) is 11.8 Å². The van der Waals surface area contributed by atoms with Crippen LogP contribution in [0, 0.1) is 17.7 Å². The molecule has 1 aromatic carbocycles. The summed E-state index contributed by atoms with van der Waals surface area (Å²) in [5.74, 6) is 4.67. The summed E-state index contributed by atoms with van der Waals surface area (Å²) < 4.78 is 13.2. The Balaban J connectivity index is 2.94. The molecule has 0 spiro atoms. The van der Waals surface area contributed by atoms with Crippen molar-refractivity contribution in [3.05, 3.63) is 35.1 Å². The summed E-state index contributed by atoms with van der Waals surface area (Å²) in [6.07, 6.45) is 1.98. The van der Waals surface area contributed by atoms with Crippen LogP contribution < -0.4 is 11.1 Å². The van der Waals surface area contributed by atoms with Crippen molar-refractivity contribution in [1.82, 2.24) is 5.32 Å². The number of amides is 1. The van der Waals surface area contributed by atoms with Gasteiger partial charge in [-0.15, -0.1) is 0 Å². The standard InChI is InChI=1S/C15H19FN2OS/c1-15(2,20-3)10-18-14(19)13-9-12(16)7-6-11(13)5-4-8-17/h6-7,9H,8,10,17H2,1-3H3,(H,18,19). The fraction of sp³-hybridized carbons (Fsp3) is 0.400. The topological polar surface area (TPSA) is 55.1 Å². The van der Waals surface area contributed by atoms with Gasteiger partial charge in [0.25, 0.3) is 5.91 Å². The number of rotatable bonds is 4. The van der Waals surface area contributed by atoms with Gasteiger partial charge in [0.05, 0.1) is 12.1 Å². The Labute approximate surface area is 123 Å². The first-order chi connectivity index (χ1) is 9.39. The minimum atomic E-state index is -0.461. The third kappa shape index (κ3) is 4.87. The molecule has 5 heteroatoms. The van der Waals surface area contributed by atoms with Gasteiger partial charge in [0, 0.05) is 16.9 Å². The second kappa shape index (κ2) is 7.32. The van der Waals surface area contributed by atoms with Crippen LogP contribution in [-0.2, 0) is 0 Å². The van der Waals surface area contributed by atoms with Crippen LogP contribution in [0.25, 0.3) is 0 Å². The summed E-state index contributed by atoms with van der Waals surface area (Å²) in [6, 6.07) is 3.97. The summed E-state index contributed by atoms with van der Waals surface area (Å²) in [7, 11) is 0. The molecule has 0 aliphatic heterocycles. The second-order valence-corrected chi connectivity index (χ2v) is 6.36. The molecule has 0 heterocycles. The maximum atomic E-state index is 13.3. The van der Waals surface area contributed by atoms with E-state index in [9.17, 15) is 9.18 Å². The Kier molecular flexibility index (Phi) is 6.05. The zero-order valence-corrected chi connectivity index (χ0v) is 12.7. The van der Waals surface area contributed by atoms with E-state index in [1.54, 1.807) is 11.8 Å². The van der Waals surface area contributed by atoms with Crippen molar-refractivity contribution >= 4 is 17.7 Å². The van der Waals surface area contributed by atoms with Gasteiger partial charge in [-0.3, -0.25) is 4.79 Å². The number of carbonyl (C=O) groups is 1. The van der Waals surface area contributed by atoms with Crippen molar-refractivity contribution in [3.8, 4) is 11.8 Å². The summed E-state index contributed by atoms with van der Waals surface area (Å²) in [4.78, 5) is 12.2. The molecule has 0 bridgehead atoms. The summed E-state index contributed by atoms with van der Waals surface area (Å²) in [6.45, 7) is 4.74. The number of carbonyl (C=O) groups excluding carboxylic acids is 1. The minimum Gasteiger partial charge on any atom is -0.351 e. The zero-order chi connectivity index (χ0) is 15.2. The Morgan fingerprint density at radius 2 is 2.20 bits per heavy atom. The van der Waals surface area contributed by atoms with E-state index in [2.05, 4.69) is 17.2 Å². The molecule has 0 aromatic heterocycles. The van der Waals surface area contributed by atoms with Crippen LogP contribution in [0.5, 0.6) is 0 Å². The maximum Gasteiger partial charge on any atom is 0.252 e. The molecule has 3 N–H and O–H groups in total. The molecule has 0 unspecified atom stereocenters. The lowest BCUT2D eigenvalue weighted by atomic mass is 10.1. The van der Waals surface area contributed by atoms with E-state index in [1.807, 2.05) is 20.1 Å². The molecule has 0 aliphatic rings. The maximum absolute atomic E-state index is 13.3. The number of halogens is 1. The molecule has 20 heavy (non-hydrogen) atoms. The van der Waals surface area contributed by atoms with Gasteiger partial charge in [-0.05, 0) is 38.3 Å². The van der Waals surface area contributed by atoms with Crippen molar-refractivity contribution in [2.45, 2.75) is 18.6 Å². The number of benzene rings is 1. The van der Waals surface area contributed by atoms with E-state index in [1.165, 1.54) is 18.2 Å². The Morgan fingerprint density at radius 1 is 1.50 bits per heavy atom. The average Bonchev–Trinajstić information content (AvgIpc) is 2.43. The van der Waals surface area contributed by atoms with Crippen molar-refractivity contribution in [2.75, 3.05) is 19.3 Å². The van der Waals surface area contributed by atoms with Crippen LogP contribution in [0.3, 0.4) is 0 Å². The van der Waals surface area contributed by atoms with Gasteiger partial charge in [0.1, 0.15) is 5.82 Å². The van der Waals surface area contributed by atoms with Crippen molar-refractivity contribution in [2.24, 2.45) is 5.73 Å². The lowest BCUT2D eigenvalue weighted by molar-refractivity contribution is 0.0950. The first kappa shape index (κ1) is 16.5. The minimum absolute atomic E-state index is 0.0773.